The molecule has 9 heteroatoms. The number of benzene rings is 1. The lowest BCUT2D eigenvalue weighted by atomic mass is 10.1. The van der Waals surface area contributed by atoms with E-state index in [1.165, 1.54) is 42.7 Å². The van der Waals surface area contributed by atoms with E-state index in [9.17, 15) is 19.5 Å². The maximum absolute atomic E-state index is 12.7. The summed E-state index contributed by atoms with van der Waals surface area (Å²) in [5.74, 6) is -0.605. The van der Waals surface area contributed by atoms with Crippen LogP contribution in [0.5, 0.6) is 0 Å². The van der Waals surface area contributed by atoms with E-state index in [0.717, 1.165) is 0 Å². The van der Waals surface area contributed by atoms with Crippen molar-refractivity contribution in [3.63, 3.8) is 0 Å². The van der Waals surface area contributed by atoms with Gasteiger partial charge in [-0.25, -0.2) is 4.79 Å². The molecule has 0 saturated carbocycles. The molecule has 1 aromatic carbocycles. The number of aliphatic carboxylic acids is 1. The van der Waals surface area contributed by atoms with Gasteiger partial charge in [0.2, 0.25) is 5.91 Å². The van der Waals surface area contributed by atoms with Crippen LogP contribution in [0.15, 0.2) is 42.7 Å². The minimum Gasteiger partial charge on any atom is -0.479 e. The van der Waals surface area contributed by atoms with Gasteiger partial charge in [-0.15, -0.1) is 11.8 Å². The van der Waals surface area contributed by atoms with Crippen molar-refractivity contribution in [3.05, 3.63) is 48.3 Å². The second kappa shape index (κ2) is 7.43. The first kappa shape index (κ1) is 19.0. The summed E-state index contributed by atoms with van der Waals surface area (Å²) in [6.45, 7) is 3.03. The van der Waals surface area contributed by atoms with Gasteiger partial charge in [0.1, 0.15) is 6.04 Å². The highest BCUT2D eigenvalue weighted by atomic mass is 32.2. The van der Waals surface area contributed by atoms with E-state index in [-0.39, 0.29) is 11.8 Å². The predicted molar refractivity (Wildman–Crippen MR) is 102 cm³/mol. The van der Waals surface area contributed by atoms with Crippen molar-refractivity contribution in [1.29, 1.82) is 0 Å². The first-order valence-electron chi connectivity index (χ1n) is 8.34. The van der Waals surface area contributed by atoms with Crippen molar-refractivity contribution in [3.8, 4) is 0 Å². The SMILES string of the molecule is CC(C)(C(=O)O)n1cc(NC(=O)C2CSCN2C(=O)c2ccccc2)cn1. The average Bonchev–Trinajstić information content (AvgIpc) is 3.31. The Labute approximate surface area is 160 Å². The first-order chi connectivity index (χ1) is 12.8. The maximum atomic E-state index is 12.7. The molecule has 1 fully saturated rings. The molecule has 0 radical (unpaired) electrons. The van der Waals surface area contributed by atoms with E-state index < -0.39 is 17.6 Å². The van der Waals surface area contributed by atoms with Gasteiger partial charge in [0.05, 0.1) is 17.8 Å². The first-order valence-corrected chi connectivity index (χ1v) is 9.49. The fraction of sp³-hybridized carbons (Fsp3) is 0.333. The Morgan fingerprint density at radius 1 is 1.26 bits per heavy atom. The molecule has 1 aromatic heterocycles. The van der Waals surface area contributed by atoms with Gasteiger partial charge in [0, 0.05) is 17.5 Å². The summed E-state index contributed by atoms with van der Waals surface area (Å²) in [6, 6.07) is 8.24. The van der Waals surface area contributed by atoms with Gasteiger partial charge in [0.15, 0.2) is 5.54 Å². The predicted octanol–water partition coefficient (Wildman–Crippen LogP) is 1.86. The number of carbonyl (C=O) groups excluding carboxylic acids is 2. The van der Waals surface area contributed by atoms with Crippen LogP contribution in [-0.4, -0.2) is 55.2 Å². The summed E-state index contributed by atoms with van der Waals surface area (Å²) in [7, 11) is 0. The number of nitrogens with zero attached hydrogens (tertiary/aromatic N) is 3. The number of carboxylic acids is 1. The highest BCUT2D eigenvalue weighted by molar-refractivity contribution is 7.99. The van der Waals surface area contributed by atoms with E-state index in [2.05, 4.69) is 10.4 Å². The minimum absolute atomic E-state index is 0.191. The lowest BCUT2D eigenvalue weighted by Crippen LogP contribution is -2.44. The fourth-order valence-corrected chi connectivity index (χ4v) is 3.78. The molecule has 2 heterocycles. The molecule has 3 rings (SSSR count). The van der Waals surface area contributed by atoms with Gasteiger partial charge >= 0.3 is 5.97 Å². The molecule has 2 amide bonds. The zero-order chi connectivity index (χ0) is 19.6. The molecular formula is C18H20N4O4S. The van der Waals surface area contributed by atoms with Crippen LogP contribution in [0.3, 0.4) is 0 Å². The summed E-state index contributed by atoms with van der Waals surface area (Å²) in [4.78, 5) is 38.2. The highest BCUT2D eigenvalue weighted by Gasteiger charge is 2.36. The summed E-state index contributed by atoms with van der Waals surface area (Å²) < 4.78 is 1.28. The number of aromatic nitrogens is 2. The lowest BCUT2D eigenvalue weighted by molar-refractivity contribution is -0.146. The Kier molecular flexibility index (Phi) is 5.22. The van der Waals surface area contributed by atoms with Crippen molar-refractivity contribution in [2.75, 3.05) is 16.9 Å². The Bertz CT molecular complexity index is 865. The molecule has 0 aliphatic carbocycles. The van der Waals surface area contributed by atoms with Crippen molar-refractivity contribution >= 4 is 35.2 Å². The molecule has 1 aliphatic heterocycles. The molecule has 8 nitrogen and oxygen atoms in total. The minimum atomic E-state index is -1.23. The molecule has 27 heavy (non-hydrogen) atoms. The van der Waals surface area contributed by atoms with E-state index in [1.54, 1.807) is 29.2 Å². The molecule has 0 spiro atoms. The number of rotatable bonds is 5. The Morgan fingerprint density at radius 3 is 2.63 bits per heavy atom. The molecule has 1 saturated heterocycles. The number of carboxylic acid groups (broad SMARTS) is 1. The van der Waals surface area contributed by atoms with E-state index >= 15 is 0 Å². The van der Waals surface area contributed by atoms with Crippen molar-refractivity contribution < 1.29 is 19.5 Å². The van der Waals surface area contributed by atoms with Crippen LogP contribution in [0.1, 0.15) is 24.2 Å². The highest BCUT2D eigenvalue weighted by Crippen LogP contribution is 2.25. The Balaban J connectivity index is 1.71. The Hall–Kier alpha value is -2.81. The van der Waals surface area contributed by atoms with Crippen LogP contribution in [0.25, 0.3) is 0 Å². The van der Waals surface area contributed by atoms with Crippen molar-refractivity contribution in [1.82, 2.24) is 14.7 Å². The molecule has 142 valence electrons. The van der Waals surface area contributed by atoms with Crippen LogP contribution < -0.4 is 5.32 Å². The van der Waals surface area contributed by atoms with Gasteiger partial charge in [-0.1, -0.05) is 18.2 Å². The topological polar surface area (TPSA) is 105 Å². The molecule has 1 atom stereocenters. The molecule has 0 bridgehead atoms. The van der Waals surface area contributed by atoms with Crippen molar-refractivity contribution in [2.24, 2.45) is 0 Å². The number of amides is 2. The average molecular weight is 388 g/mol. The number of nitrogens with one attached hydrogen (secondary N) is 1. The fourth-order valence-electron chi connectivity index (χ4n) is 2.62. The number of hydrogen-bond donors (Lipinski definition) is 2. The lowest BCUT2D eigenvalue weighted by Gasteiger charge is -2.23. The Morgan fingerprint density at radius 2 is 1.96 bits per heavy atom. The summed E-state index contributed by atoms with van der Waals surface area (Å²) >= 11 is 1.51. The third kappa shape index (κ3) is 3.82. The summed E-state index contributed by atoms with van der Waals surface area (Å²) in [5.41, 5.74) is -0.311. The van der Waals surface area contributed by atoms with E-state index in [0.29, 0.717) is 22.9 Å². The van der Waals surface area contributed by atoms with Crippen LogP contribution in [0.2, 0.25) is 0 Å². The van der Waals surface area contributed by atoms with Crippen LogP contribution in [0, 0.1) is 0 Å². The third-order valence-corrected chi connectivity index (χ3v) is 5.43. The second-order valence-corrected chi connectivity index (χ2v) is 7.68. The van der Waals surface area contributed by atoms with Gasteiger partial charge in [-0.2, -0.15) is 5.10 Å². The largest absolute Gasteiger partial charge is 0.479 e. The number of anilines is 1. The standard InChI is InChI=1S/C18H20N4O4S/c1-18(2,17(25)26)22-9-13(8-19-22)20-15(23)14-10-27-11-21(14)16(24)12-6-4-3-5-7-12/h3-9,14H,10-11H2,1-2H3,(H,20,23)(H,25,26). The van der Waals surface area contributed by atoms with Gasteiger partial charge in [-0.05, 0) is 26.0 Å². The molecule has 2 N–H and O–H groups in total. The van der Waals surface area contributed by atoms with Gasteiger partial charge in [-0.3, -0.25) is 14.3 Å². The van der Waals surface area contributed by atoms with Gasteiger partial charge in [0.25, 0.3) is 5.91 Å². The monoisotopic (exact) mass is 388 g/mol. The third-order valence-electron chi connectivity index (χ3n) is 4.41. The number of thioether (sulfide) groups is 1. The van der Waals surface area contributed by atoms with Gasteiger partial charge < -0.3 is 15.3 Å². The summed E-state index contributed by atoms with van der Waals surface area (Å²) in [5, 5.41) is 16.0. The molecule has 1 unspecified atom stereocenters. The molecular weight excluding hydrogens is 368 g/mol. The zero-order valence-electron chi connectivity index (χ0n) is 15.0. The zero-order valence-corrected chi connectivity index (χ0v) is 15.8. The van der Waals surface area contributed by atoms with Crippen LogP contribution in [0.4, 0.5) is 5.69 Å². The maximum Gasteiger partial charge on any atom is 0.331 e. The normalized spacial score (nSPS) is 17.0. The van der Waals surface area contributed by atoms with Crippen molar-refractivity contribution in [2.45, 2.75) is 25.4 Å². The van der Waals surface area contributed by atoms with Crippen LogP contribution in [-0.2, 0) is 15.1 Å². The summed E-state index contributed by atoms with van der Waals surface area (Å²) in [6.07, 6.45) is 2.87. The second-order valence-electron chi connectivity index (χ2n) is 6.68. The van der Waals surface area contributed by atoms with E-state index in [4.69, 9.17) is 0 Å². The van der Waals surface area contributed by atoms with Crippen LogP contribution >= 0.6 is 11.8 Å². The smallest absolute Gasteiger partial charge is 0.331 e. The van der Waals surface area contributed by atoms with E-state index in [1.807, 2.05) is 6.07 Å². The molecule has 1 aliphatic rings. The molecule has 2 aromatic rings. The number of carbonyl (C=O) groups is 3. The number of hydrogen-bond acceptors (Lipinski definition) is 5. The quantitative estimate of drug-likeness (QED) is 0.810.